The van der Waals surface area contributed by atoms with E-state index in [1.54, 1.807) is 0 Å². The molecule has 0 saturated heterocycles. The first-order valence-electron chi connectivity index (χ1n) is 4.33. The second-order valence-corrected chi connectivity index (χ2v) is 4.28. The Morgan fingerprint density at radius 2 is 2.27 bits per heavy atom. The molecule has 74 valence electrons. The van der Waals surface area contributed by atoms with Crippen molar-refractivity contribution < 1.29 is 4.79 Å². The van der Waals surface area contributed by atoms with Crippen molar-refractivity contribution in [3.63, 3.8) is 0 Å². The molecule has 6 heteroatoms. The first-order chi connectivity index (χ1) is 7.25. The monoisotopic (exact) mass is 218 g/mol. The van der Waals surface area contributed by atoms with Gasteiger partial charge < -0.3 is 5.73 Å². The summed E-state index contributed by atoms with van der Waals surface area (Å²) in [6, 6.07) is 3.76. The average Bonchev–Trinajstić information content (AvgIpc) is 2.82. The fourth-order valence-electron chi connectivity index (χ4n) is 1.54. The van der Waals surface area contributed by atoms with E-state index in [-0.39, 0.29) is 0 Å². The lowest BCUT2D eigenvalue weighted by atomic mass is 10.3. The van der Waals surface area contributed by atoms with Gasteiger partial charge in [-0.3, -0.25) is 9.79 Å². The number of amides is 1. The average molecular weight is 218 g/mol. The number of rotatable bonds is 1. The Kier molecular flexibility index (Phi) is 1.66. The topological polar surface area (TPSA) is 80.2 Å². The van der Waals surface area contributed by atoms with Crippen molar-refractivity contribution in [2.75, 3.05) is 0 Å². The van der Waals surface area contributed by atoms with E-state index in [4.69, 9.17) is 5.73 Å². The van der Waals surface area contributed by atoms with Crippen LogP contribution in [0.25, 0.3) is 0 Å². The first kappa shape index (κ1) is 8.60. The van der Waals surface area contributed by atoms with Crippen LogP contribution < -0.4 is 16.4 Å². The number of nitrogens with two attached hydrogens (primary N) is 1. The Balaban J connectivity index is 2.27. The van der Waals surface area contributed by atoms with E-state index >= 15 is 0 Å². The fourth-order valence-corrected chi connectivity index (χ4v) is 2.46. The lowest BCUT2D eigenvalue weighted by molar-refractivity contribution is -0.117. The highest BCUT2D eigenvalue weighted by atomic mass is 32.2. The number of hydrogen-bond donors (Lipinski definition) is 1. The summed E-state index contributed by atoms with van der Waals surface area (Å²) in [6.07, 6.45) is 1.49. The summed E-state index contributed by atoms with van der Waals surface area (Å²) < 4.78 is 0. The third kappa shape index (κ3) is 1.18. The molecule has 0 aliphatic carbocycles. The normalized spacial score (nSPS) is 20.4. The van der Waals surface area contributed by atoms with Crippen molar-refractivity contribution in [2.24, 2.45) is 20.7 Å². The van der Waals surface area contributed by atoms with Crippen molar-refractivity contribution in [3.05, 3.63) is 22.8 Å². The SMILES string of the molecule is NC(=O)C1N=c2c(ccc3c2=NC=N3)S1. The van der Waals surface area contributed by atoms with Gasteiger partial charge in [0.15, 0.2) is 5.37 Å². The minimum atomic E-state index is -0.526. The maximum Gasteiger partial charge on any atom is 0.252 e. The van der Waals surface area contributed by atoms with Crippen LogP contribution in [0, 0.1) is 0 Å². The molecule has 15 heavy (non-hydrogen) atoms. The van der Waals surface area contributed by atoms with Gasteiger partial charge >= 0.3 is 0 Å². The van der Waals surface area contributed by atoms with Gasteiger partial charge in [-0.2, -0.15) is 0 Å². The molecule has 2 N–H and O–H groups in total. The fraction of sp³-hybridized carbons (Fsp3) is 0.111. The van der Waals surface area contributed by atoms with Gasteiger partial charge in [-0.15, -0.1) is 0 Å². The summed E-state index contributed by atoms with van der Waals surface area (Å²) in [5.74, 6) is -0.427. The molecule has 0 fully saturated rings. The Bertz CT molecular complexity index is 607. The number of thioether (sulfide) groups is 1. The molecule has 1 atom stereocenters. The van der Waals surface area contributed by atoms with Gasteiger partial charge in [0.05, 0.1) is 5.69 Å². The maximum absolute atomic E-state index is 11.0. The molecule has 2 heterocycles. The molecule has 0 saturated carbocycles. The van der Waals surface area contributed by atoms with Crippen LogP contribution in [0.3, 0.4) is 0 Å². The van der Waals surface area contributed by atoms with Gasteiger partial charge in [-0.25, -0.2) is 9.98 Å². The second-order valence-electron chi connectivity index (χ2n) is 3.16. The largest absolute Gasteiger partial charge is 0.367 e. The lowest BCUT2D eigenvalue weighted by Crippen LogP contribution is -2.26. The molecule has 2 aliphatic heterocycles. The Morgan fingerprint density at radius 1 is 1.40 bits per heavy atom. The third-order valence-corrected chi connectivity index (χ3v) is 3.35. The molecule has 0 spiro atoms. The molecule has 1 amide bonds. The molecule has 0 bridgehead atoms. The van der Waals surface area contributed by atoms with Crippen LogP contribution in [-0.2, 0) is 4.79 Å². The van der Waals surface area contributed by atoms with E-state index in [1.165, 1.54) is 18.1 Å². The molecule has 2 aliphatic rings. The number of fused-ring (bicyclic) bond motifs is 3. The van der Waals surface area contributed by atoms with Crippen LogP contribution in [-0.4, -0.2) is 17.6 Å². The van der Waals surface area contributed by atoms with E-state index in [2.05, 4.69) is 15.0 Å². The summed E-state index contributed by atoms with van der Waals surface area (Å²) in [7, 11) is 0. The van der Waals surface area contributed by atoms with Crippen molar-refractivity contribution >= 4 is 29.7 Å². The summed E-state index contributed by atoms with van der Waals surface area (Å²) in [5.41, 5.74) is 6.00. The highest BCUT2D eigenvalue weighted by Crippen LogP contribution is 2.25. The van der Waals surface area contributed by atoms with Gasteiger partial charge in [-0.05, 0) is 12.1 Å². The minimum Gasteiger partial charge on any atom is -0.367 e. The molecular formula is C9H6N4OS. The number of hydrogen-bond acceptors (Lipinski definition) is 5. The van der Waals surface area contributed by atoms with Crippen LogP contribution in [0.15, 0.2) is 32.0 Å². The third-order valence-electron chi connectivity index (χ3n) is 2.20. The van der Waals surface area contributed by atoms with E-state index in [9.17, 15) is 4.79 Å². The molecule has 1 unspecified atom stereocenters. The first-order valence-corrected chi connectivity index (χ1v) is 5.21. The molecule has 5 nitrogen and oxygen atoms in total. The number of nitrogens with zero attached hydrogens (tertiary/aromatic N) is 3. The Hall–Kier alpha value is -1.69. The molecule has 1 aromatic rings. The van der Waals surface area contributed by atoms with Gasteiger partial charge in [0.25, 0.3) is 5.91 Å². The summed E-state index contributed by atoms with van der Waals surface area (Å²) in [5, 5.41) is 0.949. The van der Waals surface area contributed by atoms with Crippen LogP contribution in [0.2, 0.25) is 0 Å². The van der Waals surface area contributed by atoms with Gasteiger partial charge in [0.2, 0.25) is 0 Å². The van der Waals surface area contributed by atoms with E-state index < -0.39 is 11.3 Å². The van der Waals surface area contributed by atoms with Gasteiger partial charge in [-0.1, -0.05) is 11.8 Å². The van der Waals surface area contributed by atoms with Crippen LogP contribution in [0.1, 0.15) is 0 Å². The van der Waals surface area contributed by atoms with E-state index in [0.29, 0.717) is 0 Å². The number of carbonyl (C=O) groups is 1. The number of benzene rings is 1. The summed E-state index contributed by atoms with van der Waals surface area (Å²) in [6.45, 7) is 0. The predicted molar refractivity (Wildman–Crippen MR) is 55.7 cm³/mol. The van der Waals surface area contributed by atoms with Crippen molar-refractivity contribution in [1.82, 2.24) is 0 Å². The Morgan fingerprint density at radius 3 is 3.07 bits per heavy atom. The highest BCUT2D eigenvalue weighted by Gasteiger charge is 2.23. The second kappa shape index (κ2) is 2.90. The minimum absolute atomic E-state index is 0.427. The zero-order chi connectivity index (χ0) is 10.4. The van der Waals surface area contributed by atoms with Gasteiger partial charge in [0.1, 0.15) is 17.1 Å². The zero-order valence-electron chi connectivity index (χ0n) is 7.54. The van der Waals surface area contributed by atoms with Crippen LogP contribution in [0.4, 0.5) is 5.69 Å². The molecular weight excluding hydrogens is 212 g/mol. The number of aliphatic imine (C=N–C) groups is 1. The van der Waals surface area contributed by atoms with Crippen molar-refractivity contribution in [2.45, 2.75) is 10.3 Å². The van der Waals surface area contributed by atoms with E-state index in [0.717, 1.165) is 21.3 Å². The predicted octanol–water partition coefficient (Wildman–Crippen LogP) is -0.484. The maximum atomic E-state index is 11.0. The van der Waals surface area contributed by atoms with Crippen molar-refractivity contribution in [3.8, 4) is 0 Å². The lowest BCUT2D eigenvalue weighted by Gasteiger charge is -1.98. The summed E-state index contributed by atoms with van der Waals surface area (Å²) >= 11 is 1.35. The molecule has 0 radical (unpaired) electrons. The van der Waals surface area contributed by atoms with Crippen LogP contribution in [0.5, 0.6) is 0 Å². The quantitative estimate of drug-likeness (QED) is 0.690. The highest BCUT2D eigenvalue weighted by molar-refractivity contribution is 8.00. The smallest absolute Gasteiger partial charge is 0.252 e. The standard InChI is InChI=1S/C9H6N4OS/c10-8(14)9-13-7-5(15-9)2-1-4-6(7)12-3-11-4/h1-3,9H,(H2,10,14). The Labute approximate surface area is 88.8 Å². The zero-order valence-corrected chi connectivity index (χ0v) is 8.36. The summed E-state index contributed by atoms with van der Waals surface area (Å²) in [4.78, 5) is 24.4. The number of carbonyl (C=O) groups excluding carboxylic acids is 1. The molecule has 3 rings (SSSR count). The molecule has 1 aromatic carbocycles. The van der Waals surface area contributed by atoms with Crippen molar-refractivity contribution in [1.29, 1.82) is 0 Å². The molecule has 0 aromatic heterocycles. The van der Waals surface area contributed by atoms with Gasteiger partial charge in [0, 0.05) is 4.90 Å². The van der Waals surface area contributed by atoms with E-state index in [1.807, 2.05) is 12.1 Å². The number of primary amides is 1. The van der Waals surface area contributed by atoms with Crippen LogP contribution >= 0.6 is 11.8 Å².